The molecule has 1 aromatic rings. The van der Waals surface area contributed by atoms with Gasteiger partial charge in [-0.3, -0.25) is 14.5 Å². The Labute approximate surface area is 152 Å². The van der Waals surface area contributed by atoms with Gasteiger partial charge in [0.15, 0.2) is 6.61 Å². The summed E-state index contributed by atoms with van der Waals surface area (Å²) in [4.78, 5) is 25.6. The Hall–Kier alpha value is -2.16. The maximum absolute atomic E-state index is 12.5. The number of morpholine rings is 1. The number of primary amides is 1. The number of nitrogens with zero attached hydrogens (tertiary/aromatic N) is 1. The van der Waals surface area contributed by atoms with Crippen LogP contribution in [0.3, 0.4) is 0 Å². The number of hydrogen-bond acceptors (Lipinski definition) is 6. The first-order valence-corrected chi connectivity index (χ1v) is 8.83. The number of fused-ring (bicyclic) bond motifs is 1. The molecule has 0 saturated carbocycles. The predicted molar refractivity (Wildman–Crippen MR) is 93.8 cm³/mol. The van der Waals surface area contributed by atoms with Crippen LogP contribution in [0.5, 0.6) is 5.75 Å². The highest BCUT2D eigenvalue weighted by Crippen LogP contribution is 2.24. The molecule has 3 atom stereocenters. The number of nitrogens with two attached hydrogens (primary N) is 1. The maximum Gasteiger partial charge on any atom is 0.255 e. The van der Waals surface area contributed by atoms with Gasteiger partial charge < -0.3 is 25.6 Å². The SMILES string of the molecule is NC(=O)COc1cccc(C(=O)N[C@H]2C[C@H]3CO[C@@H](CCO)CN3C2)c1. The summed E-state index contributed by atoms with van der Waals surface area (Å²) in [7, 11) is 0. The highest BCUT2D eigenvalue weighted by molar-refractivity contribution is 5.94. The standard InChI is InChI=1S/C18H25N3O5/c19-17(23)11-26-15-3-1-2-12(6-15)18(24)20-13-7-14-10-25-16(4-5-22)9-21(14)8-13/h1-3,6,13-14,16,22H,4-5,7-11H2,(H2,19,23)(H,20,24)/t13-,14-,16-/m0/s1. The fraction of sp³-hybridized carbons (Fsp3) is 0.556. The van der Waals surface area contributed by atoms with Crippen LogP contribution in [0, 0.1) is 0 Å². The zero-order chi connectivity index (χ0) is 18.5. The molecule has 2 aliphatic rings. The second-order valence-electron chi connectivity index (χ2n) is 6.76. The number of carbonyl (C=O) groups excluding carboxylic acids is 2. The molecule has 26 heavy (non-hydrogen) atoms. The highest BCUT2D eigenvalue weighted by Gasteiger charge is 2.37. The molecule has 4 N–H and O–H groups in total. The van der Waals surface area contributed by atoms with Gasteiger partial charge >= 0.3 is 0 Å². The van der Waals surface area contributed by atoms with E-state index in [0.717, 1.165) is 19.5 Å². The fourth-order valence-electron chi connectivity index (χ4n) is 3.52. The lowest BCUT2D eigenvalue weighted by molar-refractivity contribution is -0.119. The minimum absolute atomic E-state index is 0.0548. The summed E-state index contributed by atoms with van der Waals surface area (Å²) in [5, 5.41) is 12.1. The average molecular weight is 363 g/mol. The van der Waals surface area contributed by atoms with Crippen molar-refractivity contribution in [1.82, 2.24) is 10.2 Å². The molecule has 0 bridgehead atoms. The number of benzene rings is 1. The second kappa shape index (κ2) is 8.48. The van der Waals surface area contributed by atoms with Crippen LogP contribution in [0.25, 0.3) is 0 Å². The van der Waals surface area contributed by atoms with Crippen LogP contribution in [0.2, 0.25) is 0 Å². The van der Waals surface area contributed by atoms with E-state index in [-0.39, 0.29) is 31.3 Å². The molecule has 2 heterocycles. The number of aliphatic hydroxyl groups is 1. The monoisotopic (exact) mass is 363 g/mol. The summed E-state index contributed by atoms with van der Waals surface area (Å²) >= 11 is 0. The predicted octanol–water partition coefficient (Wildman–Crippen LogP) is -0.495. The van der Waals surface area contributed by atoms with E-state index in [2.05, 4.69) is 10.2 Å². The van der Waals surface area contributed by atoms with Crippen molar-refractivity contribution >= 4 is 11.8 Å². The minimum atomic E-state index is -0.566. The third kappa shape index (κ3) is 4.72. The Morgan fingerprint density at radius 3 is 3.00 bits per heavy atom. The lowest BCUT2D eigenvalue weighted by Crippen LogP contribution is -2.46. The van der Waals surface area contributed by atoms with Crippen LogP contribution in [0.1, 0.15) is 23.2 Å². The molecule has 2 aliphatic heterocycles. The fourth-order valence-corrected chi connectivity index (χ4v) is 3.52. The summed E-state index contributed by atoms with van der Waals surface area (Å²) in [5.74, 6) is -0.308. The lowest BCUT2D eigenvalue weighted by Gasteiger charge is -2.34. The van der Waals surface area contributed by atoms with E-state index < -0.39 is 5.91 Å². The van der Waals surface area contributed by atoms with Gasteiger partial charge in [0.25, 0.3) is 11.8 Å². The van der Waals surface area contributed by atoms with Crippen molar-refractivity contribution < 1.29 is 24.2 Å². The number of carbonyl (C=O) groups is 2. The first kappa shape index (κ1) is 18.6. The lowest BCUT2D eigenvalue weighted by atomic mass is 10.1. The molecule has 8 heteroatoms. The largest absolute Gasteiger partial charge is 0.484 e. The Bertz CT molecular complexity index is 653. The smallest absolute Gasteiger partial charge is 0.255 e. The Morgan fingerprint density at radius 2 is 2.23 bits per heavy atom. The number of rotatable bonds is 7. The molecule has 142 valence electrons. The third-order valence-electron chi connectivity index (χ3n) is 4.75. The zero-order valence-corrected chi connectivity index (χ0v) is 14.6. The summed E-state index contributed by atoms with van der Waals surface area (Å²) in [6, 6.07) is 7.04. The maximum atomic E-state index is 12.5. The van der Waals surface area contributed by atoms with Gasteiger partial charge in [-0.05, 0) is 31.0 Å². The molecule has 1 aromatic carbocycles. The van der Waals surface area contributed by atoms with Gasteiger partial charge in [0, 0.05) is 37.3 Å². The molecule has 2 saturated heterocycles. The molecular formula is C18H25N3O5. The molecule has 2 amide bonds. The molecule has 0 aromatic heterocycles. The molecule has 3 rings (SSSR count). The third-order valence-corrected chi connectivity index (χ3v) is 4.75. The molecule has 2 fully saturated rings. The summed E-state index contributed by atoms with van der Waals surface area (Å²) < 4.78 is 11.0. The van der Waals surface area contributed by atoms with Gasteiger partial charge in [-0.2, -0.15) is 0 Å². The van der Waals surface area contributed by atoms with Gasteiger partial charge in [-0.1, -0.05) is 6.07 Å². The van der Waals surface area contributed by atoms with E-state index in [9.17, 15) is 9.59 Å². The molecule has 8 nitrogen and oxygen atoms in total. The molecule has 0 aliphatic carbocycles. The van der Waals surface area contributed by atoms with Crippen LogP contribution in [-0.4, -0.2) is 72.9 Å². The number of nitrogens with one attached hydrogen (secondary N) is 1. The van der Waals surface area contributed by atoms with E-state index in [4.69, 9.17) is 20.3 Å². The summed E-state index contributed by atoms with van der Waals surface area (Å²) in [6.45, 7) is 2.10. The topological polar surface area (TPSA) is 114 Å². The Morgan fingerprint density at radius 1 is 1.38 bits per heavy atom. The van der Waals surface area contributed by atoms with Gasteiger partial charge in [0.05, 0.1) is 12.7 Å². The van der Waals surface area contributed by atoms with E-state index in [1.807, 2.05) is 0 Å². The summed E-state index contributed by atoms with van der Waals surface area (Å²) in [5.41, 5.74) is 5.54. The summed E-state index contributed by atoms with van der Waals surface area (Å²) in [6.07, 6.45) is 1.54. The van der Waals surface area contributed by atoms with Gasteiger partial charge in [-0.25, -0.2) is 0 Å². The molecule has 0 spiro atoms. The molecular weight excluding hydrogens is 338 g/mol. The van der Waals surface area contributed by atoms with Crippen LogP contribution in [0.4, 0.5) is 0 Å². The van der Waals surface area contributed by atoms with Crippen molar-refractivity contribution in [2.75, 3.05) is 32.9 Å². The quantitative estimate of drug-likeness (QED) is 0.602. The first-order chi connectivity index (χ1) is 12.5. The van der Waals surface area contributed by atoms with Crippen LogP contribution < -0.4 is 15.8 Å². The normalized spacial score (nSPS) is 25.5. The first-order valence-electron chi connectivity index (χ1n) is 8.83. The Balaban J connectivity index is 1.54. The van der Waals surface area contributed by atoms with Gasteiger partial charge in [0.2, 0.25) is 0 Å². The number of ether oxygens (including phenoxy) is 2. The van der Waals surface area contributed by atoms with Gasteiger partial charge in [-0.15, -0.1) is 0 Å². The molecule has 0 unspecified atom stereocenters. The van der Waals surface area contributed by atoms with Crippen molar-refractivity contribution in [3.05, 3.63) is 29.8 Å². The van der Waals surface area contributed by atoms with E-state index in [0.29, 0.717) is 30.4 Å². The Kier molecular flexibility index (Phi) is 6.08. The van der Waals surface area contributed by atoms with Crippen molar-refractivity contribution in [2.24, 2.45) is 5.73 Å². The van der Waals surface area contributed by atoms with Crippen molar-refractivity contribution in [1.29, 1.82) is 0 Å². The molecule has 0 radical (unpaired) electrons. The zero-order valence-electron chi connectivity index (χ0n) is 14.6. The van der Waals surface area contributed by atoms with E-state index >= 15 is 0 Å². The van der Waals surface area contributed by atoms with E-state index in [1.165, 1.54) is 0 Å². The van der Waals surface area contributed by atoms with Crippen molar-refractivity contribution in [3.8, 4) is 5.75 Å². The average Bonchev–Trinajstić information content (AvgIpc) is 3.02. The van der Waals surface area contributed by atoms with Crippen LogP contribution in [0.15, 0.2) is 24.3 Å². The van der Waals surface area contributed by atoms with Crippen LogP contribution in [-0.2, 0) is 9.53 Å². The van der Waals surface area contributed by atoms with Crippen molar-refractivity contribution in [3.63, 3.8) is 0 Å². The number of aliphatic hydroxyl groups excluding tert-OH is 1. The minimum Gasteiger partial charge on any atom is -0.484 e. The highest BCUT2D eigenvalue weighted by atomic mass is 16.5. The van der Waals surface area contributed by atoms with E-state index in [1.54, 1.807) is 24.3 Å². The van der Waals surface area contributed by atoms with Gasteiger partial charge in [0.1, 0.15) is 5.75 Å². The van der Waals surface area contributed by atoms with Crippen molar-refractivity contribution in [2.45, 2.75) is 31.0 Å². The van der Waals surface area contributed by atoms with Crippen LogP contribution >= 0.6 is 0 Å². The number of amides is 2. The number of hydrogen-bond donors (Lipinski definition) is 3. The second-order valence-corrected chi connectivity index (χ2v) is 6.76.